The summed E-state index contributed by atoms with van der Waals surface area (Å²) in [5.74, 6) is 0.0644. The molecule has 3 aromatic rings. The molecule has 0 radical (unpaired) electrons. The SMILES string of the molecule is N#Cc1ccccc1C1=CC2CCCC(C1)N2C(=O)OCC1c2ccccc2-c2ccccc21. The second-order valence-electron chi connectivity index (χ2n) is 9.42. The van der Waals surface area contributed by atoms with Gasteiger partial charge in [0.2, 0.25) is 0 Å². The van der Waals surface area contributed by atoms with Crippen LogP contribution in [0.1, 0.15) is 53.9 Å². The third kappa shape index (κ3) is 3.40. The lowest BCUT2D eigenvalue weighted by Crippen LogP contribution is -2.51. The number of nitriles is 1. The van der Waals surface area contributed by atoms with Crippen LogP contribution in [0.3, 0.4) is 0 Å². The van der Waals surface area contributed by atoms with E-state index < -0.39 is 0 Å². The molecule has 0 saturated carbocycles. The van der Waals surface area contributed by atoms with Gasteiger partial charge in [0.05, 0.1) is 17.7 Å². The molecule has 4 nitrogen and oxygen atoms in total. The topological polar surface area (TPSA) is 53.3 Å². The maximum absolute atomic E-state index is 13.4. The van der Waals surface area contributed by atoms with E-state index in [1.807, 2.05) is 29.2 Å². The summed E-state index contributed by atoms with van der Waals surface area (Å²) >= 11 is 0. The second-order valence-corrected chi connectivity index (χ2v) is 9.42. The number of amides is 1. The molecular formula is C30H26N2O2. The molecule has 1 aliphatic carbocycles. The highest BCUT2D eigenvalue weighted by atomic mass is 16.6. The van der Waals surface area contributed by atoms with Gasteiger partial charge in [-0.2, -0.15) is 5.26 Å². The predicted molar refractivity (Wildman–Crippen MR) is 132 cm³/mol. The Labute approximate surface area is 200 Å². The van der Waals surface area contributed by atoms with E-state index in [1.165, 1.54) is 27.8 Å². The average molecular weight is 447 g/mol. The Hall–Kier alpha value is -3.84. The fraction of sp³-hybridized carbons (Fsp3) is 0.267. The van der Waals surface area contributed by atoms with Gasteiger partial charge in [0.1, 0.15) is 6.61 Å². The van der Waals surface area contributed by atoms with Crippen LogP contribution in [0.2, 0.25) is 0 Å². The van der Waals surface area contributed by atoms with Gasteiger partial charge in [0.15, 0.2) is 0 Å². The van der Waals surface area contributed by atoms with Gasteiger partial charge in [-0.1, -0.05) is 72.8 Å². The summed E-state index contributed by atoms with van der Waals surface area (Å²) in [6, 6.07) is 27.0. The molecule has 0 N–H and O–H groups in total. The van der Waals surface area contributed by atoms with Crippen molar-refractivity contribution in [1.82, 2.24) is 4.90 Å². The molecular weight excluding hydrogens is 420 g/mol. The quantitative estimate of drug-likeness (QED) is 0.460. The van der Waals surface area contributed by atoms with Gasteiger partial charge < -0.3 is 4.74 Å². The number of nitrogens with zero attached hydrogens (tertiary/aromatic N) is 2. The molecule has 0 aromatic heterocycles. The lowest BCUT2D eigenvalue weighted by molar-refractivity contribution is 0.0539. The monoisotopic (exact) mass is 446 g/mol. The third-order valence-electron chi connectivity index (χ3n) is 7.58. The van der Waals surface area contributed by atoms with E-state index >= 15 is 0 Å². The molecule has 2 heterocycles. The van der Waals surface area contributed by atoms with Crippen molar-refractivity contribution >= 4 is 11.7 Å². The smallest absolute Gasteiger partial charge is 0.410 e. The van der Waals surface area contributed by atoms with Crippen LogP contribution < -0.4 is 0 Å². The Morgan fingerprint density at radius 1 is 0.912 bits per heavy atom. The highest BCUT2D eigenvalue weighted by Crippen LogP contribution is 2.45. The number of fused-ring (bicyclic) bond motifs is 5. The third-order valence-corrected chi connectivity index (χ3v) is 7.58. The zero-order chi connectivity index (χ0) is 23.1. The Morgan fingerprint density at radius 2 is 1.56 bits per heavy atom. The van der Waals surface area contributed by atoms with Crippen molar-refractivity contribution in [2.24, 2.45) is 0 Å². The molecule has 168 valence electrons. The van der Waals surface area contributed by atoms with Gasteiger partial charge in [-0.25, -0.2) is 4.79 Å². The molecule has 2 unspecified atom stereocenters. The number of benzene rings is 3. The number of carbonyl (C=O) groups excluding carboxylic acids is 1. The number of hydrogen-bond donors (Lipinski definition) is 0. The maximum atomic E-state index is 13.4. The number of piperidine rings is 1. The average Bonchev–Trinajstić information content (AvgIpc) is 3.20. The van der Waals surface area contributed by atoms with E-state index in [0.717, 1.165) is 31.2 Å². The molecule has 3 aliphatic rings. The first-order valence-electron chi connectivity index (χ1n) is 12.1. The second kappa shape index (κ2) is 8.50. The lowest BCUT2D eigenvalue weighted by atomic mass is 9.82. The number of ether oxygens (including phenoxy) is 1. The first-order valence-corrected chi connectivity index (χ1v) is 12.1. The summed E-state index contributed by atoms with van der Waals surface area (Å²) < 4.78 is 6.01. The zero-order valence-corrected chi connectivity index (χ0v) is 19.0. The fourth-order valence-electron chi connectivity index (χ4n) is 6.04. The maximum Gasteiger partial charge on any atom is 0.410 e. The van der Waals surface area contributed by atoms with E-state index in [9.17, 15) is 10.1 Å². The molecule has 6 rings (SSSR count). The van der Waals surface area contributed by atoms with Gasteiger partial charge in [0, 0.05) is 12.0 Å². The van der Waals surface area contributed by atoms with E-state index in [4.69, 9.17) is 4.74 Å². The Balaban J connectivity index is 1.23. The summed E-state index contributed by atoms with van der Waals surface area (Å²) in [6.45, 7) is 0.344. The molecule has 1 amide bonds. The van der Waals surface area contributed by atoms with Gasteiger partial charge in [-0.3, -0.25) is 4.90 Å². The van der Waals surface area contributed by atoms with Gasteiger partial charge in [0.25, 0.3) is 0 Å². The van der Waals surface area contributed by atoms with E-state index in [-0.39, 0.29) is 24.1 Å². The van der Waals surface area contributed by atoms with Gasteiger partial charge >= 0.3 is 6.09 Å². The van der Waals surface area contributed by atoms with Crippen LogP contribution in [0.5, 0.6) is 0 Å². The first kappa shape index (κ1) is 20.7. The minimum atomic E-state index is -0.222. The van der Waals surface area contributed by atoms with Crippen molar-refractivity contribution in [3.05, 3.63) is 101 Å². The van der Waals surface area contributed by atoms with Crippen LogP contribution in [0.15, 0.2) is 78.9 Å². The summed E-state index contributed by atoms with van der Waals surface area (Å²) in [6.07, 6.45) is 5.73. The Morgan fingerprint density at radius 3 is 2.24 bits per heavy atom. The molecule has 34 heavy (non-hydrogen) atoms. The van der Waals surface area contributed by atoms with Crippen LogP contribution in [-0.4, -0.2) is 29.7 Å². The normalized spacial score (nSPS) is 20.7. The minimum absolute atomic E-state index is 0.0184. The number of hydrogen-bond acceptors (Lipinski definition) is 3. The summed E-state index contributed by atoms with van der Waals surface area (Å²) in [4.78, 5) is 15.3. The van der Waals surface area contributed by atoms with Crippen LogP contribution >= 0.6 is 0 Å². The van der Waals surface area contributed by atoms with Crippen molar-refractivity contribution in [1.29, 1.82) is 5.26 Å². The first-order chi connectivity index (χ1) is 16.7. The van der Waals surface area contributed by atoms with E-state index in [1.54, 1.807) is 0 Å². The van der Waals surface area contributed by atoms with Crippen molar-refractivity contribution in [3.63, 3.8) is 0 Å². The molecule has 2 aliphatic heterocycles. The largest absolute Gasteiger partial charge is 0.448 e. The molecule has 2 atom stereocenters. The Bertz CT molecular complexity index is 1290. The predicted octanol–water partition coefficient (Wildman–Crippen LogP) is 6.52. The molecule has 4 heteroatoms. The molecule has 1 saturated heterocycles. The molecule has 3 aromatic carbocycles. The van der Waals surface area contributed by atoms with Crippen molar-refractivity contribution in [3.8, 4) is 17.2 Å². The lowest BCUT2D eigenvalue weighted by Gasteiger charge is -2.44. The van der Waals surface area contributed by atoms with Crippen LogP contribution in [0.25, 0.3) is 16.7 Å². The number of carbonyl (C=O) groups is 1. The van der Waals surface area contributed by atoms with Gasteiger partial charge in [-0.15, -0.1) is 0 Å². The summed E-state index contributed by atoms with van der Waals surface area (Å²) in [5, 5.41) is 9.54. The summed E-state index contributed by atoms with van der Waals surface area (Å²) in [5.41, 5.74) is 7.79. The van der Waals surface area contributed by atoms with Gasteiger partial charge in [-0.05, 0) is 65.1 Å². The zero-order valence-electron chi connectivity index (χ0n) is 19.0. The highest BCUT2D eigenvalue weighted by molar-refractivity contribution is 5.80. The van der Waals surface area contributed by atoms with Crippen molar-refractivity contribution in [2.45, 2.75) is 43.7 Å². The molecule has 2 bridgehead atoms. The molecule has 0 spiro atoms. The number of rotatable bonds is 3. The van der Waals surface area contributed by atoms with Crippen LogP contribution in [-0.2, 0) is 4.74 Å². The van der Waals surface area contributed by atoms with E-state index in [2.05, 4.69) is 60.7 Å². The molecule has 1 fully saturated rings. The summed E-state index contributed by atoms with van der Waals surface area (Å²) in [7, 11) is 0. The highest BCUT2D eigenvalue weighted by Gasteiger charge is 2.39. The fourth-order valence-corrected chi connectivity index (χ4v) is 6.04. The van der Waals surface area contributed by atoms with Crippen LogP contribution in [0, 0.1) is 11.3 Å². The Kier molecular flexibility index (Phi) is 5.19. The van der Waals surface area contributed by atoms with E-state index in [0.29, 0.717) is 12.2 Å². The standard InChI is InChI=1S/C30H26N2O2/c31-18-20-8-1-2-11-24(20)21-16-22-9-7-10-23(17-21)32(22)30(33)34-19-29-27-14-5-3-12-25(27)26-13-4-6-15-28(26)29/h1-6,8,11-16,22-23,29H,7,9-10,17,19H2. The van der Waals surface area contributed by atoms with Crippen molar-refractivity contribution < 1.29 is 9.53 Å². The van der Waals surface area contributed by atoms with Crippen LogP contribution in [0.4, 0.5) is 4.79 Å². The minimum Gasteiger partial charge on any atom is -0.448 e. The van der Waals surface area contributed by atoms with Crippen molar-refractivity contribution in [2.75, 3.05) is 6.61 Å².